The number of carboxylic acid groups (broad SMARTS) is 1. The zero-order chi connectivity index (χ0) is 12.1. The van der Waals surface area contributed by atoms with Gasteiger partial charge in [0.25, 0.3) is 0 Å². The van der Waals surface area contributed by atoms with Crippen molar-refractivity contribution in [3.63, 3.8) is 0 Å². The Morgan fingerprint density at radius 1 is 1.56 bits per heavy atom. The van der Waals surface area contributed by atoms with E-state index in [1.807, 2.05) is 0 Å². The molecule has 0 atom stereocenters. The van der Waals surface area contributed by atoms with E-state index in [4.69, 9.17) is 10.8 Å². The molecule has 6 nitrogen and oxygen atoms in total. The Labute approximate surface area is 91.0 Å². The van der Waals surface area contributed by atoms with Crippen molar-refractivity contribution in [1.29, 1.82) is 0 Å². The van der Waals surface area contributed by atoms with Gasteiger partial charge >= 0.3 is 11.9 Å². The minimum absolute atomic E-state index is 0.0524. The Kier molecular flexibility index (Phi) is 3.45. The predicted molar refractivity (Wildman–Crippen MR) is 54.5 cm³/mol. The largest absolute Gasteiger partial charge is 0.478 e. The maximum Gasteiger partial charge on any atom is 0.384 e. The SMILES string of the molecule is COC(=O)C#Cc1cc(C(=O)O)cnc1N. The van der Waals surface area contributed by atoms with Crippen LogP contribution in [-0.4, -0.2) is 29.1 Å². The lowest BCUT2D eigenvalue weighted by Gasteiger charge is -1.98. The number of nitrogens with zero attached hydrogens (tertiary/aromatic N) is 1. The number of hydrogen-bond donors (Lipinski definition) is 2. The van der Waals surface area contributed by atoms with Crippen LogP contribution in [0.1, 0.15) is 15.9 Å². The highest BCUT2D eigenvalue weighted by molar-refractivity contribution is 5.90. The number of ether oxygens (including phenoxy) is 1. The minimum Gasteiger partial charge on any atom is -0.478 e. The summed E-state index contributed by atoms with van der Waals surface area (Å²) in [4.78, 5) is 25.0. The van der Waals surface area contributed by atoms with Crippen molar-refractivity contribution in [2.75, 3.05) is 12.8 Å². The number of carbonyl (C=O) groups excluding carboxylic acids is 1. The Morgan fingerprint density at radius 3 is 2.81 bits per heavy atom. The van der Waals surface area contributed by atoms with Gasteiger partial charge in [-0.3, -0.25) is 0 Å². The molecular weight excluding hydrogens is 212 g/mol. The molecule has 0 amide bonds. The van der Waals surface area contributed by atoms with Crippen LogP contribution >= 0.6 is 0 Å². The molecule has 0 aliphatic carbocycles. The van der Waals surface area contributed by atoms with Crippen LogP contribution in [0.2, 0.25) is 0 Å². The third kappa shape index (κ3) is 2.72. The van der Waals surface area contributed by atoms with E-state index in [9.17, 15) is 9.59 Å². The predicted octanol–water partition coefficient (Wildman–Crippen LogP) is -0.113. The van der Waals surface area contributed by atoms with Gasteiger partial charge in [-0.05, 0) is 6.07 Å². The van der Waals surface area contributed by atoms with E-state index >= 15 is 0 Å². The minimum atomic E-state index is -1.14. The summed E-state index contributed by atoms with van der Waals surface area (Å²) in [5, 5.41) is 8.70. The summed E-state index contributed by atoms with van der Waals surface area (Å²) in [7, 11) is 1.19. The molecular formula is C10H8N2O4. The van der Waals surface area contributed by atoms with E-state index in [1.165, 1.54) is 13.2 Å². The van der Waals surface area contributed by atoms with Gasteiger partial charge in [-0.2, -0.15) is 0 Å². The quantitative estimate of drug-likeness (QED) is 0.505. The Hall–Kier alpha value is -2.55. The summed E-state index contributed by atoms with van der Waals surface area (Å²) in [5.74, 6) is 2.69. The zero-order valence-electron chi connectivity index (χ0n) is 8.35. The molecule has 0 saturated heterocycles. The number of rotatable bonds is 1. The molecule has 16 heavy (non-hydrogen) atoms. The number of anilines is 1. The summed E-state index contributed by atoms with van der Waals surface area (Å²) in [5.41, 5.74) is 5.58. The highest BCUT2D eigenvalue weighted by Crippen LogP contribution is 2.09. The second kappa shape index (κ2) is 4.79. The average molecular weight is 220 g/mol. The Bertz CT molecular complexity index is 499. The maximum atomic E-state index is 10.7. The highest BCUT2D eigenvalue weighted by atomic mass is 16.5. The van der Waals surface area contributed by atoms with Gasteiger partial charge in [0, 0.05) is 12.1 Å². The number of esters is 1. The first kappa shape index (κ1) is 11.5. The van der Waals surface area contributed by atoms with Gasteiger partial charge in [-0.1, -0.05) is 5.92 Å². The molecule has 1 aromatic rings. The third-order valence-corrected chi connectivity index (χ3v) is 1.65. The van der Waals surface area contributed by atoms with Crippen molar-refractivity contribution in [3.05, 3.63) is 23.4 Å². The van der Waals surface area contributed by atoms with Crippen LogP contribution < -0.4 is 5.73 Å². The molecule has 82 valence electrons. The van der Waals surface area contributed by atoms with E-state index in [0.29, 0.717) is 0 Å². The van der Waals surface area contributed by atoms with E-state index < -0.39 is 11.9 Å². The lowest BCUT2D eigenvalue weighted by atomic mass is 10.2. The number of carbonyl (C=O) groups is 2. The van der Waals surface area contributed by atoms with Crippen LogP contribution in [0.25, 0.3) is 0 Å². The second-order valence-corrected chi connectivity index (χ2v) is 2.70. The molecule has 0 aliphatic heterocycles. The van der Waals surface area contributed by atoms with Crippen molar-refractivity contribution >= 4 is 17.8 Å². The lowest BCUT2D eigenvalue weighted by molar-refractivity contribution is -0.133. The first-order valence-corrected chi connectivity index (χ1v) is 4.13. The summed E-state index contributed by atoms with van der Waals surface area (Å²) in [6, 6.07) is 1.24. The summed E-state index contributed by atoms with van der Waals surface area (Å²) >= 11 is 0. The molecule has 1 heterocycles. The van der Waals surface area contributed by atoms with Crippen LogP contribution in [0, 0.1) is 11.8 Å². The third-order valence-electron chi connectivity index (χ3n) is 1.65. The molecule has 1 rings (SSSR count). The molecule has 0 radical (unpaired) electrons. The number of methoxy groups -OCH3 is 1. The zero-order valence-corrected chi connectivity index (χ0v) is 8.35. The molecule has 1 aromatic heterocycles. The number of carboxylic acids is 1. The molecule has 0 saturated carbocycles. The fourth-order valence-corrected chi connectivity index (χ4v) is 0.862. The first-order chi connectivity index (χ1) is 7.54. The van der Waals surface area contributed by atoms with Gasteiger partial charge in [0.1, 0.15) is 5.82 Å². The summed E-state index contributed by atoms with van der Waals surface area (Å²) in [6.45, 7) is 0. The fraction of sp³-hybridized carbons (Fsp3) is 0.100. The van der Waals surface area contributed by atoms with Crippen LogP contribution in [0.3, 0.4) is 0 Å². The topological polar surface area (TPSA) is 103 Å². The van der Waals surface area contributed by atoms with Crippen LogP contribution in [0.15, 0.2) is 12.3 Å². The number of nitrogen functional groups attached to an aromatic ring is 1. The van der Waals surface area contributed by atoms with E-state index in [-0.39, 0.29) is 16.9 Å². The number of hydrogen-bond acceptors (Lipinski definition) is 5. The van der Waals surface area contributed by atoms with Gasteiger partial charge in [0.2, 0.25) is 0 Å². The maximum absolute atomic E-state index is 10.7. The van der Waals surface area contributed by atoms with Crippen molar-refractivity contribution < 1.29 is 19.4 Å². The second-order valence-electron chi connectivity index (χ2n) is 2.70. The molecule has 0 bridgehead atoms. The summed E-state index contributed by atoms with van der Waals surface area (Å²) < 4.78 is 4.30. The number of aromatic carboxylic acids is 1. The van der Waals surface area contributed by atoms with Gasteiger partial charge in [-0.15, -0.1) is 0 Å². The van der Waals surface area contributed by atoms with Crippen LogP contribution in [-0.2, 0) is 9.53 Å². The molecule has 3 N–H and O–H groups in total. The number of pyridine rings is 1. The van der Waals surface area contributed by atoms with Gasteiger partial charge in [0.15, 0.2) is 0 Å². The smallest absolute Gasteiger partial charge is 0.384 e. The molecule has 0 fully saturated rings. The number of nitrogens with two attached hydrogens (primary N) is 1. The van der Waals surface area contributed by atoms with Gasteiger partial charge in [-0.25, -0.2) is 14.6 Å². The Balaban J connectivity index is 3.11. The number of aromatic nitrogens is 1. The fourth-order valence-electron chi connectivity index (χ4n) is 0.862. The van der Waals surface area contributed by atoms with Crippen molar-refractivity contribution in [3.8, 4) is 11.8 Å². The van der Waals surface area contributed by atoms with E-state index in [1.54, 1.807) is 0 Å². The molecule has 0 unspecified atom stereocenters. The van der Waals surface area contributed by atoms with E-state index in [0.717, 1.165) is 6.20 Å². The molecule has 6 heteroatoms. The summed E-state index contributed by atoms with van der Waals surface area (Å²) in [6.07, 6.45) is 1.11. The average Bonchev–Trinajstić information content (AvgIpc) is 2.27. The van der Waals surface area contributed by atoms with Crippen LogP contribution in [0.4, 0.5) is 5.82 Å². The van der Waals surface area contributed by atoms with Gasteiger partial charge < -0.3 is 15.6 Å². The Morgan fingerprint density at radius 2 is 2.25 bits per heavy atom. The van der Waals surface area contributed by atoms with Gasteiger partial charge in [0.05, 0.1) is 18.2 Å². The molecule has 0 aliphatic rings. The first-order valence-electron chi connectivity index (χ1n) is 4.13. The van der Waals surface area contributed by atoms with Crippen LogP contribution in [0.5, 0.6) is 0 Å². The highest BCUT2D eigenvalue weighted by Gasteiger charge is 2.06. The van der Waals surface area contributed by atoms with Crippen molar-refractivity contribution in [1.82, 2.24) is 4.98 Å². The van der Waals surface area contributed by atoms with Crippen molar-refractivity contribution in [2.45, 2.75) is 0 Å². The normalized spacial score (nSPS) is 8.81. The molecule has 0 spiro atoms. The van der Waals surface area contributed by atoms with Crippen molar-refractivity contribution in [2.24, 2.45) is 0 Å². The van der Waals surface area contributed by atoms with E-state index in [2.05, 4.69) is 21.6 Å². The lowest BCUT2D eigenvalue weighted by Crippen LogP contribution is -2.02. The molecule has 0 aromatic carbocycles. The standard InChI is InChI=1S/C10H8N2O4/c1-16-8(13)3-2-6-4-7(10(14)15)5-12-9(6)11/h4-5H,1H3,(H2,11,12)(H,14,15). The monoisotopic (exact) mass is 220 g/mol.